The first-order valence-corrected chi connectivity index (χ1v) is 11.2. The van der Waals surface area contributed by atoms with Crippen LogP contribution in [0.5, 0.6) is 5.75 Å². The second-order valence-electron chi connectivity index (χ2n) is 8.95. The summed E-state index contributed by atoms with van der Waals surface area (Å²) in [7, 11) is 0. The molecule has 1 aliphatic heterocycles. The third kappa shape index (κ3) is 5.63. The van der Waals surface area contributed by atoms with E-state index in [9.17, 15) is 23.5 Å². The second-order valence-corrected chi connectivity index (χ2v) is 9.33. The minimum absolute atomic E-state index is 0.0311. The summed E-state index contributed by atoms with van der Waals surface area (Å²) in [6.07, 6.45) is 1.48. The van der Waals surface area contributed by atoms with Gasteiger partial charge in [0, 0.05) is 17.8 Å². The monoisotopic (exact) mass is 503 g/mol. The van der Waals surface area contributed by atoms with Gasteiger partial charge in [0.25, 0.3) is 5.56 Å². The normalized spacial score (nSPS) is 12.9. The number of nitrogens with one attached hydrogen (secondary N) is 1. The number of halogens is 3. The lowest BCUT2D eigenvalue weighted by Crippen LogP contribution is -2.36. The highest BCUT2D eigenvalue weighted by molar-refractivity contribution is 6.31. The molecule has 0 spiro atoms. The lowest BCUT2D eigenvalue weighted by atomic mass is 10.0. The van der Waals surface area contributed by atoms with Crippen LogP contribution < -0.4 is 20.5 Å². The third-order valence-electron chi connectivity index (χ3n) is 5.49. The Hall–Kier alpha value is -3.43. The van der Waals surface area contributed by atoms with E-state index >= 15 is 0 Å². The number of fused-ring (bicyclic) bond motifs is 1. The van der Waals surface area contributed by atoms with Crippen LogP contribution in [0.2, 0.25) is 5.02 Å². The van der Waals surface area contributed by atoms with Gasteiger partial charge in [0.15, 0.2) is 0 Å². The number of aromatic nitrogens is 1. The Labute approximate surface area is 205 Å². The van der Waals surface area contributed by atoms with Gasteiger partial charge in [0.05, 0.1) is 36.6 Å². The first-order chi connectivity index (χ1) is 16.5. The average molecular weight is 504 g/mol. The van der Waals surface area contributed by atoms with Crippen molar-refractivity contribution in [1.29, 1.82) is 0 Å². The van der Waals surface area contributed by atoms with Crippen molar-refractivity contribution < 1.29 is 23.4 Å². The summed E-state index contributed by atoms with van der Waals surface area (Å²) in [6, 6.07) is 10.1. The van der Waals surface area contributed by atoms with Crippen molar-refractivity contribution in [2.75, 3.05) is 16.9 Å². The Kier molecular flexibility index (Phi) is 6.82. The van der Waals surface area contributed by atoms with Gasteiger partial charge in [0.2, 0.25) is 5.91 Å². The van der Waals surface area contributed by atoms with E-state index in [0.717, 1.165) is 23.4 Å². The number of carbonyl (C=O) groups excluding carboxylic acids is 1. The van der Waals surface area contributed by atoms with Gasteiger partial charge in [-0.1, -0.05) is 17.7 Å². The summed E-state index contributed by atoms with van der Waals surface area (Å²) >= 11 is 6.22. The molecule has 7 nitrogen and oxygen atoms in total. The Balaban J connectivity index is 1.50. The lowest BCUT2D eigenvalue weighted by Gasteiger charge is -2.22. The smallest absolute Gasteiger partial charge is 0.273 e. The molecule has 3 aromatic rings. The fourth-order valence-electron chi connectivity index (χ4n) is 3.74. The highest BCUT2D eigenvalue weighted by atomic mass is 35.5. The van der Waals surface area contributed by atoms with E-state index in [2.05, 4.69) is 5.32 Å². The molecule has 0 fully saturated rings. The van der Waals surface area contributed by atoms with Gasteiger partial charge in [-0.25, -0.2) is 8.78 Å². The van der Waals surface area contributed by atoms with Crippen molar-refractivity contribution in [1.82, 2.24) is 4.57 Å². The number of hydrogen-bond donors (Lipinski definition) is 2. The van der Waals surface area contributed by atoms with Crippen LogP contribution >= 0.6 is 11.6 Å². The van der Waals surface area contributed by atoms with Gasteiger partial charge >= 0.3 is 0 Å². The number of anilines is 2. The van der Waals surface area contributed by atoms with E-state index in [1.165, 1.54) is 22.9 Å². The quantitative estimate of drug-likeness (QED) is 0.503. The van der Waals surface area contributed by atoms with Crippen LogP contribution in [-0.4, -0.2) is 27.9 Å². The minimum atomic E-state index is -1.13. The molecule has 35 heavy (non-hydrogen) atoms. The van der Waals surface area contributed by atoms with Crippen LogP contribution in [-0.2, 0) is 17.9 Å². The highest BCUT2D eigenvalue weighted by Crippen LogP contribution is 2.33. The van der Waals surface area contributed by atoms with Crippen molar-refractivity contribution in [3.8, 4) is 5.75 Å². The van der Waals surface area contributed by atoms with Crippen LogP contribution in [0.3, 0.4) is 0 Å². The minimum Gasteiger partial charge on any atom is -0.487 e. The second kappa shape index (κ2) is 9.67. The largest absolute Gasteiger partial charge is 0.487 e. The Morgan fingerprint density at radius 2 is 1.97 bits per heavy atom. The van der Waals surface area contributed by atoms with Crippen molar-refractivity contribution in [3.63, 3.8) is 0 Å². The molecule has 0 aliphatic carbocycles. The van der Waals surface area contributed by atoms with Crippen LogP contribution in [0.25, 0.3) is 0 Å². The number of nitrogens with zero attached hydrogens (tertiary/aromatic N) is 2. The van der Waals surface area contributed by atoms with Crippen LogP contribution in [0.4, 0.5) is 20.2 Å². The highest BCUT2D eigenvalue weighted by Gasteiger charge is 2.28. The molecule has 0 atom stereocenters. The fourth-order valence-corrected chi connectivity index (χ4v) is 3.97. The molecule has 0 radical (unpaired) electrons. The van der Waals surface area contributed by atoms with Crippen molar-refractivity contribution >= 4 is 28.9 Å². The molecular formula is C25H24ClF2N3O4. The maximum absolute atomic E-state index is 13.8. The third-order valence-corrected chi connectivity index (χ3v) is 5.84. The fraction of sp³-hybridized carbons (Fsp3) is 0.280. The molecule has 10 heteroatoms. The number of amides is 1. The molecule has 1 amide bonds. The summed E-state index contributed by atoms with van der Waals surface area (Å²) < 4.78 is 33.8. The Morgan fingerprint density at radius 1 is 1.20 bits per heavy atom. The van der Waals surface area contributed by atoms with Gasteiger partial charge < -0.3 is 19.7 Å². The molecule has 0 saturated heterocycles. The van der Waals surface area contributed by atoms with Gasteiger partial charge in [0.1, 0.15) is 29.0 Å². The predicted molar refractivity (Wildman–Crippen MR) is 129 cm³/mol. The van der Waals surface area contributed by atoms with E-state index in [0.29, 0.717) is 12.4 Å². The van der Waals surface area contributed by atoms with Gasteiger partial charge in [-0.05, 0) is 49.7 Å². The van der Waals surface area contributed by atoms with Crippen LogP contribution in [0.15, 0.2) is 53.5 Å². The molecule has 0 unspecified atom stereocenters. The maximum Gasteiger partial charge on any atom is 0.273 e. The Bertz CT molecular complexity index is 1340. The van der Waals surface area contributed by atoms with E-state index < -0.39 is 22.8 Å². The number of hydrogen-bond acceptors (Lipinski definition) is 5. The summed E-state index contributed by atoms with van der Waals surface area (Å²) in [4.78, 5) is 27.0. The van der Waals surface area contributed by atoms with E-state index in [1.807, 2.05) is 12.1 Å². The zero-order valence-electron chi connectivity index (χ0n) is 19.1. The first-order valence-electron chi connectivity index (χ1n) is 10.9. The topological polar surface area (TPSA) is 83.8 Å². The first kappa shape index (κ1) is 24.7. The number of aliphatic hydroxyl groups is 1. The van der Waals surface area contributed by atoms with Gasteiger partial charge in [-0.3, -0.25) is 14.5 Å². The molecule has 0 saturated carbocycles. The molecule has 2 heterocycles. The Morgan fingerprint density at radius 3 is 2.69 bits per heavy atom. The molecule has 2 N–H and O–H groups in total. The molecule has 4 rings (SSSR count). The average Bonchev–Trinajstić information content (AvgIpc) is 3.20. The lowest BCUT2D eigenvalue weighted by molar-refractivity contribution is -0.122. The predicted octanol–water partition coefficient (Wildman–Crippen LogP) is 4.28. The summed E-state index contributed by atoms with van der Waals surface area (Å²) in [5.41, 5.74) is 0.693. The molecule has 0 bridgehead atoms. The SMILES string of the molecule is CC(C)(O)CC(=O)N1CNc2ccc(Cn3ccc(OCc4ccc(F)cc4F)c(Cl)c3=O)cc21. The number of benzene rings is 2. The van der Waals surface area contributed by atoms with Crippen LogP contribution in [0.1, 0.15) is 31.4 Å². The molecule has 1 aliphatic rings. The van der Waals surface area contributed by atoms with Crippen molar-refractivity contribution in [2.24, 2.45) is 0 Å². The molecular weight excluding hydrogens is 480 g/mol. The van der Waals surface area contributed by atoms with Crippen molar-refractivity contribution in [3.05, 3.63) is 86.8 Å². The standard InChI is InChI=1S/C25H24ClF2N3O4/c1-25(2,34)11-22(32)31-14-29-19-6-3-15(9-20(19)31)12-30-8-7-21(23(26)24(30)33)35-13-16-4-5-17(27)10-18(16)28/h3-10,29,34H,11-14H2,1-2H3. The van der Waals surface area contributed by atoms with Gasteiger partial charge in [-0.15, -0.1) is 0 Å². The molecule has 184 valence electrons. The number of rotatable bonds is 7. The van der Waals surface area contributed by atoms with E-state index in [4.69, 9.17) is 16.3 Å². The van der Waals surface area contributed by atoms with E-state index in [1.54, 1.807) is 24.8 Å². The van der Waals surface area contributed by atoms with Crippen LogP contribution in [0, 0.1) is 11.6 Å². The molecule has 1 aromatic heterocycles. The van der Waals surface area contributed by atoms with Crippen molar-refractivity contribution in [2.45, 2.75) is 39.0 Å². The summed E-state index contributed by atoms with van der Waals surface area (Å²) in [5, 5.41) is 13.0. The summed E-state index contributed by atoms with van der Waals surface area (Å²) in [6.45, 7) is 3.41. The van der Waals surface area contributed by atoms with E-state index in [-0.39, 0.29) is 41.8 Å². The maximum atomic E-state index is 13.8. The number of pyridine rings is 1. The zero-order valence-corrected chi connectivity index (χ0v) is 19.9. The molecule has 2 aromatic carbocycles. The number of carbonyl (C=O) groups is 1. The number of ether oxygens (including phenoxy) is 1. The summed E-state index contributed by atoms with van der Waals surface area (Å²) in [5.74, 6) is -1.59. The van der Waals surface area contributed by atoms with Gasteiger partial charge in [-0.2, -0.15) is 0 Å². The zero-order chi connectivity index (χ0) is 25.3.